The third kappa shape index (κ3) is 2.06. The first kappa shape index (κ1) is 16.3. The van der Waals surface area contributed by atoms with Crippen molar-refractivity contribution in [1.82, 2.24) is 0 Å². The van der Waals surface area contributed by atoms with Crippen LogP contribution in [-0.2, 0) is 14.4 Å². The van der Waals surface area contributed by atoms with E-state index in [1.54, 1.807) is 12.1 Å². The van der Waals surface area contributed by atoms with Gasteiger partial charge in [0.25, 0.3) is 17.9 Å². The topological polar surface area (TPSA) is 68.3 Å². The summed E-state index contributed by atoms with van der Waals surface area (Å²) in [6.45, 7) is 0. The molecule has 0 unspecified atom stereocenters. The van der Waals surface area contributed by atoms with Crippen molar-refractivity contribution >= 4 is 66.7 Å². The third-order valence-corrected chi connectivity index (χ3v) is 5.26. The van der Waals surface area contributed by atoms with Crippen LogP contribution in [0.4, 0.5) is 0 Å². The fourth-order valence-corrected chi connectivity index (χ4v) is 4.12. The van der Waals surface area contributed by atoms with Crippen molar-refractivity contribution in [2.75, 3.05) is 0 Å². The normalized spacial score (nSPS) is 11.4. The first-order chi connectivity index (χ1) is 13.6. The second-order valence-corrected chi connectivity index (χ2v) is 6.69. The summed E-state index contributed by atoms with van der Waals surface area (Å²) < 4.78 is 0. The zero-order chi connectivity index (χ0) is 19.4. The summed E-state index contributed by atoms with van der Waals surface area (Å²) in [4.78, 5) is 46.9. The van der Waals surface area contributed by atoms with E-state index >= 15 is 0 Å². The van der Waals surface area contributed by atoms with Gasteiger partial charge in [0.1, 0.15) is 0 Å². The fourth-order valence-electron chi connectivity index (χ4n) is 4.12. The number of carbonyl (C=O) groups is 3. The van der Waals surface area contributed by atoms with Crippen molar-refractivity contribution in [1.29, 1.82) is 0 Å². The molecule has 0 aliphatic rings. The molecule has 4 heteroatoms. The summed E-state index contributed by atoms with van der Waals surface area (Å²) in [5, 5.41) is 7.26. The maximum atomic E-state index is 12.8. The number of hydrogen-bond donors (Lipinski definition) is 0. The van der Waals surface area contributed by atoms with Crippen molar-refractivity contribution in [2.45, 2.75) is 0 Å². The van der Waals surface area contributed by atoms with Crippen molar-refractivity contribution in [2.24, 2.45) is 0 Å². The predicted octanol–water partition coefficient (Wildman–Crippen LogP) is 4.17. The van der Waals surface area contributed by atoms with Gasteiger partial charge in [-0.3, -0.25) is 19.2 Å². The van der Waals surface area contributed by atoms with Gasteiger partial charge in [0.15, 0.2) is 0 Å². The van der Waals surface area contributed by atoms with Crippen molar-refractivity contribution in [3.63, 3.8) is 0 Å². The second-order valence-electron chi connectivity index (χ2n) is 6.69. The molecule has 28 heavy (non-hydrogen) atoms. The van der Waals surface area contributed by atoms with Crippen LogP contribution in [0, 0.1) is 0 Å². The van der Waals surface area contributed by atoms with Gasteiger partial charge in [-0.05, 0) is 43.8 Å². The minimum absolute atomic E-state index is 0.121. The SMILES string of the molecule is O=[C]C(=O)C(=O)C(=O)c1ccc2cccc3c4cccc5cccc(c1c23)c54. The molecule has 5 aromatic rings. The molecule has 1 radical (unpaired) electrons. The van der Waals surface area contributed by atoms with Crippen LogP contribution < -0.4 is 0 Å². The quantitative estimate of drug-likeness (QED) is 0.158. The zero-order valence-electron chi connectivity index (χ0n) is 14.5. The molecule has 4 nitrogen and oxygen atoms in total. The highest BCUT2D eigenvalue weighted by atomic mass is 16.2. The van der Waals surface area contributed by atoms with Gasteiger partial charge >= 0.3 is 0 Å². The monoisotopic (exact) mass is 363 g/mol. The van der Waals surface area contributed by atoms with Gasteiger partial charge in [0, 0.05) is 10.9 Å². The van der Waals surface area contributed by atoms with Gasteiger partial charge < -0.3 is 0 Å². The fraction of sp³-hybridized carbons (Fsp3) is 0. The summed E-state index contributed by atoms with van der Waals surface area (Å²) in [5.41, 5.74) is 0.121. The van der Waals surface area contributed by atoms with E-state index in [1.165, 1.54) is 0 Å². The van der Waals surface area contributed by atoms with Crippen LogP contribution in [0.15, 0.2) is 66.7 Å². The number of fused-ring (bicyclic) bond motifs is 2. The number of Topliss-reactive ketones (excluding diaryl/α,β-unsaturated/α-hetero) is 3. The van der Waals surface area contributed by atoms with Crippen LogP contribution in [0.2, 0.25) is 0 Å². The van der Waals surface area contributed by atoms with Gasteiger partial charge in [-0.15, -0.1) is 0 Å². The molecule has 5 rings (SSSR count). The van der Waals surface area contributed by atoms with Crippen LogP contribution in [0.5, 0.6) is 0 Å². The Hall–Kier alpha value is -3.92. The number of hydrogen-bond acceptors (Lipinski definition) is 4. The summed E-state index contributed by atoms with van der Waals surface area (Å²) >= 11 is 0. The van der Waals surface area contributed by atoms with Crippen LogP contribution in [0.3, 0.4) is 0 Å². The van der Waals surface area contributed by atoms with E-state index in [0.29, 0.717) is 5.39 Å². The molecular weight excluding hydrogens is 352 g/mol. The highest BCUT2D eigenvalue weighted by molar-refractivity contribution is 6.77. The maximum Gasteiger partial charge on any atom is 0.281 e. The highest BCUT2D eigenvalue weighted by Crippen LogP contribution is 2.41. The highest BCUT2D eigenvalue weighted by Gasteiger charge is 2.27. The molecule has 0 aliphatic carbocycles. The zero-order valence-corrected chi connectivity index (χ0v) is 14.5. The Bertz CT molecular complexity index is 1470. The third-order valence-electron chi connectivity index (χ3n) is 5.26. The lowest BCUT2D eigenvalue weighted by Gasteiger charge is -2.16. The Balaban J connectivity index is 2.03. The second kappa shape index (κ2) is 5.79. The minimum atomic E-state index is -1.46. The Morgan fingerprint density at radius 2 is 1.18 bits per heavy atom. The molecule has 0 saturated carbocycles. The van der Waals surface area contributed by atoms with Crippen LogP contribution in [0.25, 0.3) is 43.1 Å². The molecule has 0 bridgehead atoms. The van der Waals surface area contributed by atoms with E-state index in [-0.39, 0.29) is 5.56 Å². The predicted molar refractivity (Wildman–Crippen MR) is 108 cm³/mol. The smallest absolute Gasteiger partial charge is 0.281 e. The average molecular weight is 363 g/mol. The first-order valence-corrected chi connectivity index (χ1v) is 8.71. The molecule has 0 aliphatic heterocycles. The van der Waals surface area contributed by atoms with Crippen molar-refractivity contribution in [3.8, 4) is 0 Å². The molecule has 131 valence electrons. The summed E-state index contributed by atoms with van der Waals surface area (Å²) in [6.07, 6.45) is 0.991. The summed E-state index contributed by atoms with van der Waals surface area (Å²) in [5.74, 6) is -3.81. The molecule has 0 amide bonds. The van der Waals surface area contributed by atoms with E-state index in [2.05, 4.69) is 0 Å². The standard InChI is InChI=1S/C24H11O4/c25-12-19(26)24(28)23(27)18-11-10-14-6-2-8-16-15-7-1-4-13-5-3-9-17(20(13)15)22(18)21(14)16/h1-11H. The maximum absolute atomic E-state index is 12.8. The van der Waals surface area contributed by atoms with Gasteiger partial charge in [0.05, 0.1) is 0 Å². The first-order valence-electron chi connectivity index (χ1n) is 8.71. The molecular formula is C24H11O4. The molecule has 0 fully saturated rings. The van der Waals surface area contributed by atoms with Crippen LogP contribution in [-0.4, -0.2) is 23.6 Å². The van der Waals surface area contributed by atoms with Crippen molar-refractivity contribution in [3.05, 3.63) is 72.3 Å². The Kier molecular flexibility index (Phi) is 3.36. The molecule has 0 spiro atoms. The number of carbonyl (C=O) groups excluding carboxylic acids is 4. The molecule has 0 saturated heterocycles. The van der Waals surface area contributed by atoms with E-state index in [0.717, 1.165) is 44.0 Å². The van der Waals surface area contributed by atoms with Crippen LogP contribution >= 0.6 is 0 Å². The lowest BCUT2D eigenvalue weighted by molar-refractivity contribution is -0.130. The molecule has 0 N–H and O–H groups in total. The Morgan fingerprint density at radius 1 is 0.607 bits per heavy atom. The van der Waals surface area contributed by atoms with Crippen LogP contribution in [0.1, 0.15) is 10.4 Å². The molecule has 0 aromatic heterocycles. The number of benzene rings is 5. The van der Waals surface area contributed by atoms with E-state index < -0.39 is 17.3 Å². The average Bonchev–Trinajstić information content (AvgIpc) is 2.75. The van der Waals surface area contributed by atoms with E-state index in [1.807, 2.05) is 54.6 Å². The largest absolute Gasteiger partial charge is 0.285 e. The van der Waals surface area contributed by atoms with Gasteiger partial charge in [-0.25, -0.2) is 0 Å². The molecule has 0 heterocycles. The Morgan fingerprint density at radius 3 is 1.82 bits per heavy atom. The van der Waals surface area contributed by atoms with Gasteiger partial charge in [-0.2, -0.15) is 0 Å². The molecule has 5 aromatic carbocycles. The van der Waals surface area contributed by atoms with Gasteiger partial charge in [-0.1, -0.05) is 60.7 Å². The van der Waals surface area contributed by atoms with Crippen molar-refractivity contribution < 1.29 is 19.2 Å². The number of ketones is 3. The minimum Gasteiger partial charge on any atom is -0.285 e. The summed E-state index contributed by atoms with van der Waals surface area (Å²) in [6, 6.07) is 21.0. The number of rotatable bonds is 4. The van der Waals surface area contributed by atoms with E-state index in [4.69, 9.17) is 0 Å². The summed E-state index contributed by atoms with van der Waals surface area (Å²) in [7, 11) is 0. The lowest BCUT2D eigenvalue weighted by atomic mass is 9.86. The van der Waals surface area contributed by atoms with Gasteiger partial charge in [0.2, 0.25) is 5.78 Å². The van der Waals surface area contributed by atoms with E-state index in [9.17, 15) is 19.2 Å². The lowest BCUT2D eigenvalue weighted by Crippen LogP contribution is -2.25. The Labute approximate surface area is 158 Å². The molecule has 0 atom stereocenters.